The summed E-state index contributed by atoms with van der Waals surface area (Å²) in [5, 5.41) is 9.74. The van der Waals surface area contributed by atoms with Gasteiger partial charge < -0.3 is 10.2 Å². The SMILES string of the molecule is O=c1ccc(CNCCCN2CCCCC2)n[nH]1. The first-order chi connectivity index (χ1) is 8.84. The summed E-state index contributed by atoms with van der Waals surface area (Å²) in [6.07, 6.45) is 5.28. The second-order valence-corrected chi connectivity index (χ2v) is 4.85. The molecule has 0 amide bonds. The standard InChI is InChI=1S/C13H22N4O/c18-13-6-5-12(15-16-13)11-14-7-4-10-17-8-2-1-3-9-17/h5-6,14H,1-4,7-11H2,(H,16,18). The summed E-state index contributed by atoms with van der Waals surface area (Å²) in [5.74, 6) is 0. The van der Waals surface area contributed by atoms with Crippen LogP contribution in [0.5, 0.6) is 0 Å². The van der Waals surface area contributed by atoms with Crippen molar-refractivity contribution in [2.75, 3.05) is 26.2 Å². The van der Waals surface area contributed by atoms with Gasteiger partial charge in [0.15, 0.2) is 0 Å². The molecule has 5 heteroatoms. The fourth-order valence-electron chi connectivity index (χ4n) is 2.30. The summed E-state index contributed by atoms with van der Waals surface area (Å²) >= 11 is 0. The number of hydrogen-bond acceptors (Lipinski definition) is 4. The number of hydrogen-bond donors (Lipinski definition) is 2. The average molecular weight is 250 g/mol. The van der Waals surface area contributed by atoms with Gasteiger partial charge in [0.25, 0.3) is 5.56 Å². The van der Waals surface area contributed by atoms with Crippen LogP contribution in [0.1, 0.15) is 31.4 Å². The second-order valence-electron chi connectivity index (χ2n) is 4.85. The number of rotatable bonds is 6. The number of likely N-dealkylation sites (tertiary alicyclic amines) is 1. The highest BCUT2D eigenvalue weighted by molar-refractivity contribution is 4.98. The lowest BCUT2D eigenvalue weighted by Gasteiger charge is -2.26. The molecule has 0 atom stereocenters. The molecule has 0 unspecified atom stereocenters. The summed E-state index contributed by atoms with van der Waals surface area (Å²) in [4.78, 5) is 13.4. The van der Waals surface area contributed by atoms with Gasteiger partial charge in [-0.1, -0.05) is 6.42 Å². The number of H-pyrrole nitrogens is 1. The van der Waals surface area contributed by atoms with E-state index in [4.69, 9.17) is 0 Å². The zero-order valence-electron chi connectivity index (χ0n) is 10.8. The molecule has 1 aliphatic heterocycles. The van der Waals surface area contributed by atoms with Crippen LogP contribution in [-0.2, 0) is 6.54 Å². The molecular formula is C13H22N4O. The lowest BCUT2D eigenvalue weighted by Crippen LogP contribution is -2.32. The zero-order chi connectivity index (χ0) is 12.6. The van der Waals surface area contributed by atoms with Crippen LogP contribution in [-0.4, -0.2) is 41.3 Å². The summed E-state index contributed by atoms with van der Waals surface area (Å²) in [6.45, 7) is 5.43. The molecule has 100 valence electrons. The lowest BCUT2D eigenvalue weighted by atomic mass is 10.1. The molecule has 0 radical (unpaired) electrons. The Hall–Kier alpha value is -1.20. The highest BCUT2D eigenvalue weighted by atomic mass is 16.1. The van der Waals surface area contributed by atoms with Gasteiger partial charge in [-0.15, -0.1) is 0 Å². The van der Waals surface area contributed by atoms with Crippen molar-refractivity contribution in [2.45, 2.75) is 32.2 Å². The van der Waals surface area contributed by atoms with Gasteiger partial charge in [0.2, 0.25) is 0 Å². The van der Waals surface area contributed by atoms with Crippen molar-refractivity contribution in [3.8, 4) is 0 Å². The summed E-state index contributed by atoms with van der Waals surface area (Å²) in [7, 11) is 0. The summed E-state index contributed by atoms with van der Waals surface area (Å²) in [6, 6.07) is 3.27. The van der Waals surface area contributed by atoms with E-state index in [9.17, 15) is 4.79 Å². The highest BCUT2D eigenvalue weighted by Crippen LogP contribution is 2.08. The first kappa shape index (κ1) is 13.2. The predicted molar refractivity (Wildman–Crippen MR) is 71.5 cm³/mol. The number of aromatic nitrogens is 2. The van der Waals surface area contributed by atoms with Gasteiger partial charge >= 0.3 is 0 Å². The molecule has 0 aromatic carbocycles. The Morgan fingerprint density at radius 1 is 1.28 bits per heavy atom. The average Bonchev–Trinajstić information content (AvgIpc) is 2.42. The van der Waals surface area contributed by atoms with Crippen molar-refractivity contribution in [3.05, 3.63) is 28.2 Å². The highest BCUT2D eigenvalue weighted by Gasteiger charge is 2.08. The maximum absolute atomic E-state index is 10.8. The van der Waals surface area contributed by atoms with Gasteiger partial charge in [0, 0.05) is 12.6 Å². The molecule has 2 N–H and O–H groups in total. The smallest absolute Gasteiger partial charge is 0.264 e. The van der Waals surface area contributed by atoms with Crippen LogP contribution in [0.15, 0.2) is 16.9 Å². The van der Waals surface area contributed by atoms with Crippen LogP contribution in [0.4, 0.5) is 0 Å². The number of nitrogens with zero attached hydrogens (tertiary/aromatic N) is 2. The van der Waals surface area contributed by atoms with Gasteiger partial charge in [0.1, 0.15) is 0 Å². The molecule has 1 aromatic rings. The maximum atomic E-state index is 10.8. The van der Waals surface area contributed by atoms with Gasteiger partial charge in [-0.3, -0.25) is 4.79 Å². The van der Waals surface area contributed by atoms with Gasteiger partial charge in [-0.25, -0.2) is 5.10 Å². The molecule has 0 bridgehead atoms. The largest absolute Gasteiger partial charge is 0.311 e. The maximum Gasteiger partial charge on any atom is 0.264 e. The normalized spacial score (nSPS) is 16.9. The Morgan fingerprint density at radius 3 is 2.83 bits per heavy atom. The summed E-state index contributed by atoms with van der Waals surface area (Å²) in [5.41, 5.74) is 0.733. The second kappa shape index (κ2) is 7.28. The van der Waals surface area contributed by atoms with E-state index in [0.717, 1.165) is 18.8 Å². The summed E-state index contributed by atoms with van der Waals surface area (Å²) < 4.78 is 0. The Balaban J connectivity index is 1.55. The van der Waals surface area contributed by atoms with Gasteiger partial charge in [0.05, 0.1) is 5.69 Å². The molecule has 2 rings (SSSR count). The topological polar surface area (TPSA) is 61.0 Å². The van der Waals surface area contributed by atoms with E-state index in [1.54, 1.807) is 6.07 Å². The van der Waals surface area contributed by atoms with E-state index in [-0.39, 0.29) is 5.56 Å². The van der Waals surface area contributed by atoms with E-state index in [0.29, 0.717) is 0 Å². The van der Waals surface area contributed by atoms with Crippen LogP contribution >= 0.6 is 0 Å². The molecule has 18 heavy (non-hydrogen) atoms. The van der Waals surface area contributed by atoms with E-state index in [1.165, 1.54) is 51.4 Å². The molecule has 2 heterocycles. The van der Waals surface area contributed by atoms with Crippen LogP contribution in [0, 0.1) is 0 Å². The Labute approximate surface area is 108 Å². The third-order valence-corrected chi connectivity index (χ3v) is 3.32. The molecule has 1 fully saturated rings. The van der Waals surface area contributed by atoms with Crippen molar-refractivity contribution in [1.29, 1.82) is 0 Å². The minimum Gasteiger partial charge on any atom is -0.311 e. The van der Waals surface area contributed by atoms with Crippen LogP contribution in [0.2, 0.25) is 0 Å². The molecular weight excluding hydrogens is 228 g/mol. The number of nitrogens with one attached hydrogen (secondary N) is 2. The fraction of sp³-hybridized carbons (Fsp3) is 0.692. The van der Waals surface area contributed by atoms with Crippen LogP contribution < -0.4 is 10.9 Å². The molecule has 5 nitrogen and oxygen atoms in total. The van der Waals surface area contributed by atoms with Gasteiger partial charge in [-0.05, 0) is 51.5 Å². The van der Waals surface area contributed by atoms with E-state index in [2.05, 4.69) is 20.4 Å². The van der Waals surface area contributed by atoms with Crippen molar-refractivity contribution in [3.63, 3.8) is 0 Å². The minimum atomic E-state index is -0.149. The quantitative estimate of drug-likeness (QED) is 0.731. The van der Waals surface area contributed by atoms with Crippen molar-refractivity contribution in [1.82, 2.24) is 20.4 Å². The van der Waals surface area contributed by atoms with Crippen molar-refractivity contribution < 1.29 is 0 Å². The number of aromatic amines is 1. The predicted octanol–water partition coefficient (Wildman–Crippen LogP) is 0.735. The molecule has 1 saturated heterocycles. The minimum absolute atomic E-state index is 0.149. The monoisotopic (exact) mass is 250 g/mol. The molecule has 1 aromatic heterocycles. The van der Waals surface area contributed by atoms with Crippen LogP contribution in [0.3, 0.4) is 0 Å². The first-order valence-electron chi connectivity index (χ1n) is 6.82. The Bertz CT molecular complexity index is 378. The van der Waals surface area contributed by atoms with E-state index >= 15 is 0 Å². The van der Waals surface area contributed by atoms with Gasteiger partial charge in [-0.2, -0.15) is 5.10 Å². The Kier molecular flexibility index (Phi) is 5.36. The fourth-order valence-corrected chi connectivity index (χ4v) is 2.30. The van der Waals surface area contributed by atoms with E-state index in [1.807, 2.05) is 0 Å². The third kappa shape index (κ3) is 4.58. The Morgan fingerprint density at radius 2 is 2.11 bits per heavy atom. The first-order valence-corrected chi connectivity index (χ1v) is 6.82. The third-order valence-electron chi connectivity index (χ3n) is 3.32. The van der Waals surface area contributed by atoms with Crippen molar-refractivity contribution in [2.24, 2.45) is 0 Å². The molecule has 0 aliphatic carbocycles. The van der Waals surface area contributed by atoms with E-state index < -0.39 is 0 Å². The van der Waals surface area contributed by atoms with Crippen LogP contribution in [0.25, 0.3) is 0 Å². The number of piperidine rings is 1. The molecule has 0 spiro atoms. The van der Waals surface area contributed by atoms with Crippen molar-refractivity contribution >= 4 is 0 Å². The zero-order valence-corrected chi connectivity index (χ0v) is 10.8. The molecule has 0 saturated carbocycles. The lowest BCUT2D eigenvalue weighted by molar-refractivity contribution is 0.225. The molecule has 1 aliphatic rings.